The van der Waals surface area contributed by atoms with E-state index in [9.17, 15) is 31.4 Å². The molecule has 2 aliphatic heterocycles. The normalized spacial score (nSPS) is 19.5. The molecule has 0 aromatic heterocycles. The lowest BCUT2D eigenvalue weighted by molar-refractivity contribution is -0.193. The van der Waals surface area contributed by atoms with Gasteiger partial charge >= 0.3 is 24.3 Å². The van der Waals surface area contributed by atoms with Gasteiger partial charge in [-0.25, -0.2) is 9.59 Å². The summed E-state index contributed by atoms with van der Waals surface area (Å²) in [6.07, 6.45) is -5.86. The van der Waals surface area contributed by atoms with Crippen molar-refractivity contribution in [1.82, 2.24) is 9.80 Å². The molecular formula is C22H30F6N2O6. The van der Waals surface area contributed by atoms with E-state index in [2.05, 4.69) is 28.0 Å². The predicted molar refractivity (Wildman–Crippen MR) is 116 cm³/mol. The molecule has 3 N–H and O–H groups in total. The summed E-state index contributed by atoms with van der Waals surface area (Å²) in [6.45, 7) is 5.52. The molecule has 0 aliphatic carbocycles. The van der Waals surface area contributed by atoms with Crippen molar-refractivity contribution in [2.24, 2.45) is 0 Å². The Balaban J connectivity index is 0.000000383. The minimum Gasteiger partial charge on any atom is -0.497 e. The largest absolute Gasteiger partial charge is 0.497 e. The van der Waals surface area contributed by atoms with Gasteiger partial charge in [0.05, 0.1) is 13.2 Å². The zero-order valence-corrected chi connectivity index (χ0v) is 19.6. The highest BCUT2D eigenvalue weighted by atomic mass is 19.4. The molecule has 2 saturated heterocycles. The summed E-state index contributed by atoms with van der Waals surface area (Å²) >= 11 is 0. The first-order valence-electron chi connectivity index (χ1n) is 11.0. The number of piperidine rings is 1. The fraction of sp³-hybridized carbons (Fsp3) is 0.636. The number of methoxy groups -OCH3 is 1. The zero-order chi connectivity index (χ0) is 27.5. The Morgan fingerprint density at radius 3 is 1.94 bits per heavy atom. The lowest BCUT2D eigenvalue weighted by atomic mass is 10.0. The highest BCUT2D eigenvalue weighted by molar-refractivity contribution is 5.73. The number of halogens is 6. The monoisotopic (exact) mass is 532 g/mol. The van der Waals surface area contributed by atoms with E-state index in [1.807, 2.05) is 6.07 Å². The molecule has 0 bridgehead atoms. The van der Waals surface area contributed by atoms with Crippen molar-refractivity contribution in [1.29, 1.82) is 0 Å². The number of carboxylic acids is 2. The van der Waals surface area contributed by atoms with E-state index in [0.29, 0.717) is 6.04 Å². The Morgan fingerprint density at radius 1 is 0.944 bits per heavy atom. The van der Waals surface area contributed by atoms with Gasteiger partial charge in [0, 0.05) is 32.2 Å². The highest BCUT2D eigenvalue weighted by Gasteiger charge is 2.38. The Morgan fingerprint density at radius 2 is 1.47 bits per heavy atom. The number of carboxylic acid groups (broad SMARTS) is 2. The van der Waals surface area contributed by atoms with Crippen LogP contribution in [-0.2, 0) is 9.59 Å². The molecule has 0 amide bonds. The van der Waals surface area contributed by atoms with Gasteiger partial charge in [0.1, 0.15) is 5.75 Å². The summed E-state index contributed by atoms with van der Waals surface area (Å²) in [6, 6.07) is 9.05. The first-order chi connectivity index (χ1) is 16.6. The molecule has 206 valence electrons. The van der Waals surface area contributed by atoms with Crippen LogP contribution < -0.4 is 4.74 Å². The minimum absolute atomic E-state index is 0.0763. The van der Waals surface area contributed by atoms with Crippen LogP contribution in [-0.4, -0.2) is 95.3 Å². The third-order valence-corrected chi connectivity index (χ3v) is 5.59. The van der Waals surface area contributed by atoms with E-state index in [1.165, 1.54) is 24.9 Å². The number of hydrogen-bond acceptors (Lipinski definition) is 6. The van der Waals surface area contributed by atoms with Crippen LogP contribution in [0.4, 0.5) is 26.3 Å². The number of aliphatic carboxylic acids is 2. The van der Waals surface area contributed by atoms with Crippen LogP contribution in [0.5, 0.6) is 5.75 Å². The van der Waals surface area contributed by atoms with Gasteiger partial charge in [-0.15, -0.1) is 0 Å². The summed E-state index contributed by atoms with van der Waals surface area (Å²) in [7, 11) is 1.73. The second kappa shape index (κ2) is 14.2. The Bertz CT molecular complexity index is 804. The molecule has 1 unspecified atom stereocenters. The smallest absolute Gasteiger partial charge is 0.490 e. The fourth-order valence-corrected chi connectivity index (χ4v) is 3.73. The number of carbonyl (C=O) groups is 2. The van der Waals surface area contributed by atoms with Crippen LogP contribution >= 0.6 is 0 Å². The van der Waals surface area contributed by atoms with Crippen molar-refractivity contribution < 1.29 is 56.0 Å². The van der Waals surface area contributed by atoms with Crippen molar-refractivity contribution in [3.63, 3.8) is 0 Å². The first kappa shape index (κ1) is 31.4. The molecule has 3 rings (SSSR count). The minimum atomic E-state index is -5.08. The molecule has 0 spiro atoms. The van der Waals surface area contributed by atoms with Gasteiger partial charge in [-0.05, 0) is 49.9 Å². The van der Waals surface area contributed by atoms with Crippen LogP contribution in [0.15, 0.2) is 24.3 Å². The van der Waals surface area contributed by atoms with Crippen molar-refractivity contribution in [3.8, 4) is 5.75 Å². The molecule has 0 radical (unpaired) electrons. The van der Waals surface area contributed by atoms with Crippen molar-refractivity contribution in [3.05, 3.63) is 29.8 Å². The maximum atomic E-state index is 10.6. The number of alkyl halides is 6. The van der Waals surface area contributed by atoms with Crippen LogP contribution in [0.1, 0.15) is 37.3 Å². The molecule has 8 nitrogen and oxygen atoms in total. The highest BCUT2D eigenvalue weighted by Crippen LogP contribution is 2.33. The number of hydrogen-bond donors (Lipinski definition) is 3. The van der Waals surface area contributed by atoms with E-state index in [4.69, 9.17) is 24.5 Å². The summed E-state index contributed by atoms with van der Waals surface area (Å²) < 4.78 is 68.8. The third kappa shape index (κ3) is 11.4. The number of benzene rings is 1. The summed E-state index contributed by atoms with van der Waals surface area (Å²) in [5.41, 5.74) is 1.38. The molecule has 1 aromatic carbocycles. The predicted octanol–water partition coefficient (Wildman–Crippen LogP) is 3.56. The fourth-order valence-electron chi connectivity index (χ4n) is 3.73. The molecule has 1 atom stereocenters. The third-order valence-electron chi connectivity index (χ3n) is 5.59. The molecule has 0 saturated carbocycles. The maximum absolute atomic E-state index is 10.6. The second-order valence-electron chi connectivity index (χ2n) is 8.15. The van der Waals surface area contributed by atoms with Crippen molar-refractivity contribution in [2.75, 3.05) is 39.8 Å². The van der Waals surface area contributed by atoms with Gasteiger partial charge in [-0.3, -0.25) is 4.90 Å². The first-order valence-corrected chi connectivity index (χ1v) is 11.0. The van der Waals surface area contributed by atoms with Gasteiger partial charge in [-0.1, -0.05) is 12.1 Å². The standard InChI is InChI=1S/C18H28N2O2.2C2HF3O2/c1-22-17-5-2-4-15(14-17)18-6-3-9-20(18)13-12-19-10-7-16(21)8-11-19;2*3-2(4,5)1(6)7/h2,4-5,14,16,18,21H,3,6-13H2,1H3;2*(H,6,7). The van der Waals surface area contributed by atoms with Crippen LogP contribution in [0, 0.1) is 0 Å². The van der Waals surface area contributed by atoms with Crippen LogP contribution in [0.3, 0.4) is 0 Å². The van der Waals surface area contributed by atoms with E-state index in [1.54, 1.807) is 7.11 Å². The topological polar surface area (TPSA) is 111 Å². The number of ether oxygens (including phenoxy) is 1. The summed E-state index contributed by atoms with van der Waals surface area (Å²) in [4.78, 5) is 22.9. The Labute approximate surface area is 204 Å². The van der Waals surface area contributed by atoms with Gasteiger partial charge in [0.15, 0.2) is 0 Å². The number of aliphatic hydroxyl groups excluding tert-OH is 1. The van der Waals surface area contributed by atoms with Gasteiger partial charge in [0.2, 0.25) is 0 Å². The van der Waals surface area contributed by atoms with E-state index in [-0.39, 0.29) is 6.10 Å². The summed E-state index contributed by atoms with van der Waals surface area (Å²) in [5, 5.41) is 23.8. The number of rotatable bonds is 5. The number of likely N-dealkylation sites (tertiary alicyclic amines) is 2. The van der Waals surface area contributed by atoms with Gasteiger partial charge in [0.25, 0.3) is 0 Å². The number of aliphatic hydroxyl groups is 1. The lowest BCUT2D eigenvalue weighted by Gasteiger charge is -2.32. The Hall–Kier alpha value is -2.58. The quantitative estimate of drug-likeness (QED) is 0.494. The average Bonchev–Trinajstić information content (AvgIpc) is 3.27. The van der Waals surface area contributed by atoms with Gasteiger partial charge in [-0.2, -0.15) is 26.3 Å². The molecule has 2 aliphatic rings. The lowest BCUT2D eigenvalue weighted by Crippen LogP contribution is -2.40. The SMILES string of the molecule is COc1cccc(C2CCCN2CCN2CCC(O)CC2)c1.O=C(O)C(F)(F)F.O=C(O)C(F)(F)F. The van der Waals surface area contributed by atoms with Crippen LogP contribution in [0.25, 0.3) is 0 Å². The molecule has 36 heavy (non-hydrogen) atoms. The molecule has 2 fully saturated rings. The van der Waals surface area contributed by atoms with Crippen LogP contribution in [0.2, 0.25) is 0 Å². The number of nitrogens with zero attached hydrogens (tertiary/aromatic N) is 2. The summed E-state index contributed by atoms with van der Waals surface area (Å²) in [5.74, 6) is -4.56. The van der Waals surface area contributed by atoms with Gasteiger partial charge < -0.3 is 25.0 Å². The maximum Gasteiger partial charge on any atom is 0.490 e. The zero-order valence-electron chi connectivity index (χ0n) is 19.6. The van der Waals surface area contributed by atoms with Crippen molar-refractivity contribution >= 4 is 11.9 Å². The molecule has 2 heterocycles. The van der Waals surface area contributed by atoms with E-state index in [0.717, 1.165) is 44.8 Å². The molecule has 14 heteroatoms. The second-order valence-corrected chi connectivity index (χ2v) is 8.15. The average molecular weight is 532 g/mol. The molecule has 1 aromatic rings. The Kier molecular flexibility index (Phi) is 12.4. The van der Waals surface area contributed by atoms with E-state index >= 15 is 0 Å². The van der Waals surface area contributed by atoms with Crippen molar-refractivity contribution in [2.45, 2.75) is 50.2 Å². The molecular weight excluding hydrogens is 502 g/mol. The van der Waals surface area contributed by atoms with E-state index < -0.39 is 24.3 Å².